The molecular weight excluding hydrogens is 618 g/mol. The van der Waals surface area contributed by atoms with E-state index < -0.39 is 30.0 Å². The highest BCUT2D eigenvalue weighted by atomic mass is 16.6. The van der Waals surface area contributed by atoms with Crippen LogP contribution in [-0.2, 0) is 52.2 Å². The Morgan fingerprint density at radius 1 is 1.08 bits per heavy atom. The summed E-state index contributed by atoms with van der Waals surface area (Å²) in [4.78, 5) is 80.9. The van der Waals surface area contributed by atoms with Crippen molar-refractivity contribution in [2.45, 2.75) is 77.2 Å². The Morgan fingerprint density at radius 3 is 2.62 bits per heavy atom. The van der Waals surface area contributed by atoms with Crippen molar-refractivity contribution >= 4 is 40.3 Å². The normalized spacial score (nSPS) is 16.8. The smallest absolute Gasteiger partial charge is 0.355 e. The van der Waals surface area contributed by atoms with Crippen LogP contribution in [0, 0.1) is 0 Å². The molecule has 0 bridgehead atoms. The Morgan fingerprint density at radius 2 is 1.88 bits per heavy atom. The highest BCUT2D eigenvalue weighted by Gasteiger charge is 2.50. The lowest BCUT2D eigenvalue weighted by atomic mass is 9.85. The lowest BCUT2D eigenvalue weighted by Gasteiger charge is -2.35. The number of likely N-dealkylation sites (N-methyl/N-ethyl adjacent to an activating group) is 1. The van der Waals surface area contributed by atoms with E-state index in [4.69, 9.17) is 14.5 Å². The van der Waals surface area contributed by atoms with Crippen LogP contribution in [0.1, 0.15) is 69.1 Å². The number of pyridine rings is 2. The molecule has 254 valence electrons. The zero-order valence-corrected chi connectivity index (χ0v) is 27.5. The molecule has 3 N–H and O–H groups in total. The Balaban J connectivity index is 1.17. The van der Waals surface area contributed by atoms with Gasteiger partial charge in [-0.05, 0) is 58.0 Å². The largest absolute Gasteiger partial charge is 0.457 e. The number of aromatic nitrogens is 2. The highest BCUT2D eigenvalue weighted by Crippen LogP contribution is 2.40. The van der Waals surface area contributed by atoms with E-state index in [2.05, 4.69) is 16.0 Å². The van der Waals surface area contributed by atoms with Crippen LogP contribution in [-0.4, -0.2) is 71.7 Å². The summed E-state index contributed by atoms with van der Waals surface area (Å²) >= 11 is 0. The average Bonchev–Trinajstić information content (AvgIpc) is 3.43. The third-order valence-corrected chi connectivity index (χ3v) is 8.99. The summed E-state index contributed by atoms with van der Waals surface area (Å²) in [5, 5.41) is 9.42. The number of para-hydroxylation sites is 1. The molecule has 2 aromatic heterocycles. The predicted octanol–water partition coefficient (Wildman–Crippen LogP) is 2.03. The summed E-state index contributed by atoms with van der Waals surface area (Å²) in [6.07, 6.45) is 2.21. The van der Waals surface area contributed by atoms with Gasteiger partial charge in [-0.25, -0.2) is 9.78 Å². The number of carbonyl (C=O) groups is 5. The van der Waals surface area contributed by atoms with Gasteiger partial charge in [-0.2, -0.15) is 0 Å². The summed E-state index contributed by atoms with van der Waals surface area (Å²) < 4.78 is 12.7. The van der Waals surface area contributed by atoms with E-state index in [0.29, 0.717) is 24.5 Å². The summed E-state index contributed by atoms with van der Waals surface area (Å²) in [7, 11) is 1.75. The van der Waals surface area contributed by atoms with Crippen molar-refractivity contribution in [1.29, 1.82) is 0 Å². The van der Waals surface area contributed by atoms with Gasteiger partial charge >= 0.3 is 11.9 Å². The van der Waals surface area contributed by atoms with E-state index in [9.17, 15) is 28.8 Å². The van der Waals surface area contributed by atoms with Crippen molar-refractivity contribution < 1.29 is 33.4 Å². The quantitative estimate of drug-likeness (QED) is 0.119. The van der Waals surface area contributed by atoms with Gasteiger partial charge in [-0.1, -0.05) is 31.5 Å². The van der Waals surface area contributed by atoms with Crippen molar-refractivity contribution in [3.63, 3.8) is 0 Å². The van der Waals surface area contributed by atoms with Crippen molar-refractivity contribution in [1.82, 2.24) is 25.5 Å². The van der Waals surface area contributed by atoms with E-state index in [0.717, 1.165) is 35.7 Å². The van der Waals surface area contributed by atoms with E-state index >= 15 is 0 Å². The Hall–Kier alpha value is -4.75. The molecule has 0 spiro atoms. The SMILES string of the molecule is CC[C@]1(OC(=O)CNC(=O)CCC(=O)CNCCCC[C@@H](NC)C(C)=O)C(=O)OCc2c1cc1n(c2=O)Cc2cc3ccccc3nc2-1. The molecule has 1 aromatic carbocycles. The molecule has 2 atom stereocenters. The molecule has 2 aliphatic rings. The number of ketones is 2. The molecule has 13 nitrogen and oxygen atoms in total. The summed E-state index contributed by atoms with van der Waals surface area (Å²) in [6, 6.07) is 11.1. The number of hydrogen-bond acceptors (Lipinski definition) is 11. The molecule has 13 heteroatoms. The molecule has 0 fully saturated rings. The van der Waals surface area contributed by atoms with E-state index in [1.54, 1.807) is 31.5 Å². The highest BCUT2D eigenvalue weighted by molar-refractivity contribution is 5.90. The number of rotatable bonds is 16. The van der Waals surface area contributed by atoms with Gasteiger partial charge < -0.3 is 30.0 Å². The second kappa shape index (κ2) is 15.0. The van der Waals surface area contributed by atoms with Gasteiger partial charge in [0.1, 0.15) is 24.7 Å². The molecule has 0 aliphatic carbocycles. The minimum atomic E-state index is -1.88. The second-order valence-electron chi connectivity index (χ2n) is 12.2. The maximum absolute atomic E-state index is 13.7. The molecule has 0 unspecified atom stereocenters. The number of hydrogen-bond donors (Lipinski definition) is 3. The zero-order valence-electron chi connectivity index (χ0n) is 27.5. The number of nitrogens with zero attached hydrogens (tertiary/aromatic N) is 2. The van der Waals surface area contributed by atoms with Crippen molar-refractivity contribution in [2.24, 2.45) is 0 Å². The fourth-order valence-corrected chi connectivity index (χ4v) is 6.29. The third-order valence-electron chi connectivity index (χ3n) is 8.99. The summed E-state index contributed by atoms with van der Waals surface area (Å²) in [5.41, 5.74) is 0.995. The first kappa shape index (κ1) is 34.6. The second-order valence-corrected chi connectivity index (χ2v) is 12.2. The van der Waals surface area contributed by atoms with Crippen LogP contribution < -0.4 is 21.5 Å². The lowest BCUT2D eigenvalue weighted by Crippen LogP contribution is -2.48. The first-order chi connectivity index (χ1) is 23.1. The average molecular weight is 660 g/mol. The van der Waals surface area contributed by atoms with Crippen molar-refractivity contribution in [3.8, 4) is 11.4 Å². The van der Waals surface area contributed by atoms with E-state index in [1.807, 2.05) is 30.3 Å². The fourth-order valence-electron chi connectivity index (χ4n) is 6.29. The van der Waals surface area contributed by atoms with Gasteiger partial charge in [0, 0.05) is 29.4 Å². The van der Waals surface area contributed by atoms with E-state index in [-0.39, 0.29) is 66.7 Å². The molecule has 0 radical (unpaired) electrons. The van der Waals surface area contributed by atoms with Crippen molar-refractivity contribution in [3.05, 3.63) is 63.4 Å². The van der Waals surface area contributed by atoms with Crippen molar-refractivity contribution in [2.75, 3.05) is 26.7 Å². The van der Waals surface area contributed by atoms with Gasteiger partial charge in [0.05, 0.1) is 41.6 Å². The fraction of sp³-hybridized carbons (Fsp3) is 0.457. The minimum Gasteiger partial charge on any atom is -0.457 e. The first-order valence-electron chi connectivity index (χ1n) is 16.3. The topological polar surface area (TPSA) is 175 Å². The summed E-state index contributed by atoms with van der Waals surface area (Å²) in [5.74, 6) is -2.27. The maximum atomic E-state index is 13.7. The molecule has 5 rings (SSSR count). The van der Waals surface area contributed by atoms with Crippen LogP contribution in [0.5, 0.6) is 0 Å². The number of Topliss-reactive ketones (excluding diaryl/α,β-unsaturated/α-hetero) is 2. The van der Waals surface area contributed by atoms with Gasteiger partial charge in [0.15, 0.2) is 0 Å². The van der Waals surface area contributed by atoms with Gasteiger partial charge in [0.25, 0.3) is 5.56 Å². The number of esters is 2. The number of carbonyl (C=O) groups excluding carboxylic acids is 5. The Bertz CT molecular complexity index is 1820. The van der Waals surface area contributed by atoms with Crippen LogP contribution in [0.3, 0.4) is 0 Å². The molecule has 3 aromatic rings. The predicted molar refractivity (Wildman–Crippen MR) is 176 cm³/mol. The Labute approximate surface area is 277 Å². The van der Waals surface area contributed by atoms with E-state index in [1.165, 1.54) is 0 Å². The van der Waals surface area contributed by atoms with Gasteiger partial charge in [0.2, 0.25) is 11.5 Å². The monoisotopic (exact) mass is 659 g/mol. The van der Waals surface area contributed by atoms with Crippen LogP contribution in [0.4, 0.5) is 0 Å². The number of fused-ring (bicyclic) bond motifs is 5. The molecule has 0 saturated carbocycles. The molecule has 4 heterocycles. The zero-order chi connectivity index (χ0) is 34.4. The van der Waals surface area contributed by atoms with Crippen LogP contribution >= 0.6 is 0 Å². The Kier molecular flexibility index (Phi) is 10.8. The van der Waals surface area contributed by atoms with Gasteiger partial charge in [-0.3, -0.25) is 24.0 Å². The standard InChI is InChI=1S/C35H41N5O8/c1-4-35(48-31(44)18-38-30(43)13-12-24(42)17-37-14-8-7-10-27(36-3)21(2)41)26-16-29-32-23(15-22-9-5-6-11-28(22)39-32)19-40(29)33(45)25(26)20-47-34(35)46/h5-6,9,11,15-16,27,36-37H,4,7-8,10,12-14,17-20H2,1-3H3,(H,38,43)/t27-,35-/m1/s1. The molecule has 1 amide bonds. The maximum Gasteiger partial charge on any atom is 0.355 e. The number of cyclic esters (lactones) is 1. The number of unbranched alkanes of at least 4 members (excludes halogenated alkanes) is 1. The van der Waals surface area contributed by atoms with Crippen LogP contribution in [0.25, 0.3) is 22.3 Å². The molecular formula is C35H41N5O8. The minimum absolute atomic E-state index is 0.00623. The molecule has 0 saturated heterocycles. The van der Waals surface area contributed by atoms with Gasteiger partial charge in [-0.15, -0.1) is 0 Å². The number of ether oxygens (including phenoxy) is 2. The third kappa shape index (κ3) is 7.21. The number of benzene rings is 1. The number of amides is 1. The van der Waals surface area contributed by atoms with Crippen LogP contribution in [0.15, 0.2) is 41.2 Å². The summed E-state index contributed by atoms with van der Waals surface area (Å²) in [6.45, 7) is 3.44. The lowest BCUT2D eigenvalue weighted by molar-refractivity contribution is -0.189. The molecule has 2 aliphatic heterocycles. The first-order valence-corrected chi connectivity index (χ1v) is 16.3. The molecule has 48 heavy (non-hydrogen) atoms. The van der Waals surface area contributed by atoms with Crippen LogP contribution in [0.2, 0.25) is 0 Å². The number of nitrogens with one attached hydrogen (secondary N) is 3.